The number of hydrogen-bond acceptors (Lipinski definition) is 2. The van der Waals surface area contributed by atoms with Crippen molar-refractivity contribution in [2.24, 2.45) is 11.3 Å². The molecule has 3 heteroatoms. The zero-order chi connectivity index (χ0) is 15.5. The summed E-state index contributed by atoms with van der Waals surface area (Å²) in [4.78, 5) is 1.39. The molecule has 2 rings (SSSR count). The van der Waals surface area contributed by atoms with Crippen LogP contribution < -0.4 is 5.32 Å². The second-order valence-electron chi connectivity index (χ2n) is 6.86. The van der Waals surface area contributed by atoms with Crippen LogP contribution >= 0.6 is 27.7 Å². The second-order valence-corrected chi connectivity index (χ2v) is 9.09. The smallest absolute Gasteiger partial charge is 0.0251 e. The lowest BCUT2D eigenvalue weighted by Crippen LogP contribution is -2.43. The van der Waals surface area contributed by atoms with Gasteiger partial charge in [0, 0.05) is 20.7 Å². The summed E-state index contributed by atoms with van der Waals surface area (Å²) in [5.41, 5.74) is 0.469. The number of benzene rings is 1. The Kier molecular flexibility index (Phi) is 6.22. The maximum Gasteiger partial charge on any atom is 0.0251 e. The first kappa shape index (κ1) is 17.4. The molecule has 0 spiro atoms. The molecule has 0 heterocycles. The van der Waals surface area contributed by atoms with E-state index >= 15 is 0 Å². The van der Waals surface area contributed by atoms with E-state index < -0.39 is 0 Å². The van der Waals surface area contributed by atoms with Crippen molar-refractivity contribution in [2.75, 3.05) is 7.05 Å². The number of hydrogen-bond donors (Lipinski definition) is 1. The molecular formula is C18H28BrNS. The maximum atomic E-state index is 3.55. The van der Waals surface area contributed by atoms with E-state index in [2.05, 4.69) is 85.1 Å². The Morgan fingerprint density at radius 3 is 2.48 bits per heavy atom. The maximum absolute atomic E-state index is 3.55. The molecule has 0 aromatic heterocycles. The molecule has 1 aromatic carbocycles. The third kappa shape index (κ3) is 4.49. The molecule has 1 aliphatic rings. The zero-order valence-corrected chi connectivity index (χ0v) is 16.1. The first-order valence-corrected chi connectivity index (χ1v) is 9.73. The van der Waals surface area contributed by atoms with Crippen LogP contribution in [-0.4, -0.2) is 18.3 Å². The van der Waals surface area contributed by atoms with Crippen LogP contribution in [0.2, 0.25) is 0 Å². The SMILES string of the molecule is CCC(C)(C)C1CCC(NC)C(Sc2ccc(Br)cc2)C1. The van der Waals surface area contributed by atoms with Gasteiger partial charge in [-0.15, -0.1) is 11.8 Å². The zero-order valence-electron chi connectivity index (χ0n) is 13.7. The predicted octanol–water partition coefficient (Wildman–Crippen LogP) is 5.73. The van der Waals surface area contributed by atoms with Crippen molar-refractivity contribution in [3.8, 4) is 0 Å². The van der Waals surface area contributed by atoms with E-state index in [0.29, 0.717) is 16.7 Å². The van der Waals surface area contributed by atoms with Gasteiger partial charge in [-0.25, -0.2) is 0 Å². The van der Waals surface area contributed by atoms with Crippen LogP contribution in [0.4, 0.5) is 0 Å². The summed E-state index contributed by atoms with van der Waals surface area (Å²) in [6.07, 6.45) is 5.27. The first-order chi connectivity index (χ1) is 9.96. The normalized spacial score (nSPS) is 26.8. The molecule has 1 aliphatic carbocycles. The minimum absolute atomic E-state index is 0.469. The fourth-order valence-corrected chi connectivity index (χ4v) is 4.95. The van der Waals surface area contributed by atoms with Gasteiger partial charge in [-0.3, -0.25) is 0 Å². The van der Waals surface area contributed by atoms with Crippen molar-refractivity contribution in [3.63, 3.8) is 0 Å². The van der Waals surface area contributed by atoms with Crippen LogP contribution in [0.3, 0.4) is 0 Å². The van der Waals surface area contributed by atoms with E-state index in [9.17, 15) is 0 Å². The van der Waals surface area contributed by atoms with E-state index in [0.717, 1.165) is 10.4 Å². The summed E-state index contributed by atoms with van der Waals surface area (Å²) >= 11 is 5.57. The van der Waals surface area contributed by atoms with E-state index in [1.165, 1.54) is 30.6 Å². The molecule has 0 aliphatic heterocycles. The molecule has 1 aromatic rings. The average Bonchev–Trinajstić information content (AvgIpc) is 2.49. The van der Waals surface area contributed by atoms with Crippen molar-refractivity contribution < 1.29 is 0 Å². The second kappa shape index (κ2) is 7.52. The topological polar surface area (TPSA) is 12.0 Å². The summed E-state index contributed by atoms with van der Waals surface area (Å²) in [6, 6.07) is 9.40. The van der Waals surface area contributed by atoms with Gasteiger partial charge in [0.15, 0.2) is 0 Å². The lowest BCUT2D eigenvalue weighted by Gasteiger charge is -2.43. The van der Waals surface area contributed by atoms with Gasteiger partial charge in [0.25, 0.3) is 0 Å². The van der Waals surface area contributed by atoms with Gasteiger partial charge in [-0.2, -0.15) is 0 Å². The van der Waals surface area contributed by atoms with Crippen molar-refractivity contribution in [2.45, 2.75) is 62.6 Å². The Labute approximate surface area is 142 Å². The van der Waals surface area contributed by atoms with Gasteiger partial charge in [0.05, 0.1) is 0 Å². The van der Waals surface area contributed by atoms with Gasteiger partial charge >= 0.3 is 0 Å². The van der Waals surface area contributed by atoms with Crippen LogP contribution in [-0.2, 0) is 0 Å². The lowest BCUT2D eigenvalue weighted by atomic mass is 9.68. The minimum atomic E-state index is 0.469. The Balaban J connectivity index is 2.08. The fraction of sp³-hybridized carbons (Fsp3) is 0.667. The van der Waals surface area contributed by atoms with Gasteiger partial charge in [0.1, 0.15) is 0 Å². The van der Waals surface area contributed by atoms with Gasteiger partial charge in [-0.1, -0.05) is 43.1 Å². The Morgan fingerprint density at radius 2 is 1.90 bits per heavy atom. The lowest BCUT2D eigenvalue weighted by molar-refractivity contribution is 0.142. The highest BCUT2D eigenvalue weighted by Crippen LogP contribution is 2.45. The number of halogens is 1. The molecule has 1 N–H and O–H groups in total. The Bertz CT molecular complexity index is 443. The molecule has 3 atom stereocenters. The monoisotopic (exact) mass is 369 g/mol. The summed E-state index contributed by atoms with van der Waals surface area (Å²) in [7, 11) is 2.12. The predicted molar refractivity (Wildman–Crippen MR) is 98.0 cm³/mol. The molecule has 118 valence electrons. The largest absolute Gasteiger partial charge is 0.316 e. The summed E-state index contributed by atoms with van der Waals surface area (Å²) < 4.78 is 1.16. The molecule has 1 saturated carbocycles. The first-order valence-electron chi connectivity index (χ1n) is 8.05. The summed E-state index contributed by atoms with van der Waals surface area (Å²) in [5, 5.41) is 4.23. The van der Waals surface area contributed by atoms with Crippen LogP contribution in [0.25, 0.3) is 0 Å². The molecular weight excluding hydrogens is 342 g/mol. The number of nitrogens with one attached hydrogen (secondary N) is 1. The van der Waals surface area contributed by atoms with Crippen molar-refractivity contribution in [3.05, 3.63) is 28.7 Å². The Hall–Kier alpha value is 0.01000. The highest BCUT2D eigenvalue weighted by molar-refractivity contribution is 9.10. The van der Waals surface area contributed by atoms with E-state index in [1.807, 2.05) is 0 Å². The van der Waals surface area contributed by atoms with Crippen LogP contribution in [0.15, 0.2) is 33.6 Å². The third-order valence-corrected chi connectivity index (χ3v) is 7.18. The molecule has 3 unspecified atom stereocenters. The number of thioether (sulfide) groups is 1. The molecule has 1 nitrogen and oxygen atoms in total. The molecule has 0 amide bonds. The minimum Gasteiger partial charge on any atom is -0.316 e. The van der Waals surface area contributed by atoms with E-state index in [4.69, 9.17) is 0 Å². The average molecular weight is 370 g/mol. The summed E-state index contributed by atoms with van der Waals surface area (Å²) in [5.74, 6) is 0.847. The van der Waals surface area contributed by atoms with Crippen LogP contribution in [0.1, 0.15) is 46.5 Å². The van der Waals surface area contributed by atoms with Crippen molar-refractivity contribution in [1.82, 2.24) is 5.32 Å². The van der Waals surface area contributed by atoms with E-state index in [-0.39, 0.29) is 0 Å². The van der Waals surface area contributed by atoms with Crippen molar-refractivity contribution in [1.29, 1.82) is 0 Å². The molecule has 21 heavy (non-hydrogen) atoms. The highest BCUT2D eigenvalue weighted by Gasteiger charge is 2.37. The van der Waals surface area contributed by atoms with Crippen molar-refractivity contribution >= 4 is 27.7 Å². The quantitative estimate of drug-likeness (QED) is 0.710. The molecule has 0 saturated heterocycles. The molecule has 0 bridgehead atoms. The Morgan fingerprint density at radius 1 is 1.24 bits per heavy atom. The van der Waals surface area contributed by atoms with E-state index in [1.54, 1.807) is 0 Å². The van der Waals surface area contributed by atoms with Crippen LogP contribution in [0, 0.1) is 11.3 Å². The fourth-order valence-electron chi connectivity index (χ4n) is 3.28. The van der Waals surface area contributed by atoms with Gasteiger partial charge < -0.3 is 5.32 Å². The van der Waals surface area contributed by atoms with Gasteiger partial charge in [0.2, 0.25) is 0 Å². The molecule has 1 fully saturated rings. The molecule has 0 radical (unpaired) electrons. The third-order valence-electron chi connectivity index (χ3n) is 5.28. The van der Waals surface area contributed by atoms with Crippen LogP contribution in [0.5, 0.6) is 0 Å². The number of rotatable bonds is 5. The summed E-state index contributed by atoms with van der Waals surface area (Å²) in [6.45, 7) is 7.22. The van der Waals surface area contributed by atoms with Gasteiger partial charge in [-0.05, 0) is 61.9 Å². The highest BCUT2D eigenvalue weighted by atomic mass is 79.9. The standard InChI is InChI=1S/C18H28BrNS/c1-5-18(2,3)13-6-11-16(20-4)17(12-13)21-15-9-7-14(19)8-10-15/h7-10,13,16-17,20H,5-6,11-12H2,1-4H3.